The van der Waals surface area contributed by atoms with Gasteiger partial charge in [0.25, 0.3) is 15.9 Å². The highest BCUT2D eigenvalue weighted by atomic mass is 32.2. The second-order valence-corrected chi connectivity index (χ2v) is 13.0. The van der Waals surface area contributed by atoms with Gasteiger partial charge in [0, 0.05) is 36.8 Å². The van der Waals surface area contributed by atoms with E-state index in [4.69, 9.17) is 4.74 Å². The van der Waals surface area contributed by atoms with Gasteiger partial charge in [-0.25, -0.2) is 13.4 Å². The summed E-state index contributed by atoms with van der Waals surface area (Å²) in [6.45, 7) is 3.38. The van der Waals surface area contributed by atoms with Crippen LogP contribution in [0.25, 0.3) is 0 Å². The number of thiophene rings is 1. The summed E-state index contributed by atoms with van der Waals surface area (Å²) in [6, 6.07) is 8.47. The van der Waals surface area contributed by atoms with E-state index in [0.717, 1.165) is 23.5 Å². The Morgan fingerprint density at radius 3 is 2.51 bits per heavy atom. The minimum Gasteiger partial charge on any atom is -0.472 e. The zero-order chi connectivity index (χ0) is 29.9. The van der Waals surface area contributed by atoms with Crippen LogP contribution in [0.4, 0.5) is 13.2 Å². The first-order chi connectivity index (χ1) is 19.3. The number of sulfonamides is 1. The molecule has 0 saturated heterocycles. The normalized spacial score (nSPS) is 18.5. The molecule has 0 saturated carbocycles. The second-order valence-electron chi connectivity index (χ2n) is 9.74. The Morgan fingerprint density at radius 2 is 1.90 bits per heavy atom. The molecular formula is C28H28F3N3O5S2. The SMILES string of the molecule is C[C@H](CO)N1C[C@H](C)[C@H](CN(C)S(=O)(=O)c2cccs2)Oc2ncc(C#Cc3ccc(C(F)(F)F)cc3)cc2C1=O. The van der Waals surface area contributed by atoms with Crippen LogP contribution in [-0.4, -0.2) is 72.5 Å². The van der Waals surface area contributed by atoms with E-state index in [2.05, 4.69) is 16.8 Å². The molecule has 4 rings (SSSR count). The van der Waals surface area contributed by atoms with Gasteiger partial charge in [-0.1, -0.05) is 24.8 Å². The number of hydrogen-bond donors (Lipinski definition) is 1. The number of carbonyl (C=O) groups is 1. The average Bonchev–Trinajstić information content (AvgIpc) is 3.49. The number of pyridine rings is 1. The zero-order valence-electron chi connectivity index (χ0n) is 22.4. The number of ether oxygens (including phenoxy) is 1. The Hall–Kier alpha value is -3.44. The molecule has 218 valence electrons. The average molecular weight is 608 g/mol. The summed E-state index contributed by atoms with van der Waals surface area (Å²) in [5.41, 5.74) is -0.0547. The van der Waals surface area contributed by atoms with Gasteiger partial charge >= 0.3 is 6.18 Å². The van der Waals surface area contributed by atoms with Crippen molar-refractivity contribution < 1.29 is 36.2 Å². The molecule has 3 heterocycles. The first-order valence-corrected chi connectivity index (χ1v) is 14.9. The summed E-state index contributed by atoms with van der Waals surface area (Å²) in [7, 11) is -2.31. The number of likely N-dealkylation sites (N-methyl/N-ethyl adjacent to an activating group) is 1. The fourth-order valence-electron chi connectivity index (χ4n) is 4.19. The molecule has 1 aromatic carbocycles. The molecule has 3 atom stereocenters. The maximum atomic E-state index is 13.6. The molecule has 1 N–H and O–H groups in total. The smallest absolute Gasteiger partial charge is 0.416 e. The van der Waals surface area contributed by atoms with Crippen molar-refractivity contribution in [1.29, 1.82) is 0 Å². The van der Waals surface area contributed by atoms with E-state index < -0.39 is 39.8 Å². The van der Waals surface area contributed by atoms with Gasteiger partial charge in [-0.05, 0) is 48.7 Å². The van der Waals surface area contributed by atoms with Gasteiger partial charge in [-0.3, -0.25) is 4.79 Å². The molecule has 0 radical (unpaired) electrons. The van der Waals surface area contributed by atoms with Crippen molar-refractivity contribution in [3.05, 3.63) is 76.3 Å². The van der Waals surface area contributed by atoms with Crippen molar-refractivity contribution in [2.75, 3.05) is 26.7 Å². The summed E-state index contributed by atoms with van der Waals surface area (Å²) in [5.74, 6) is 4.80. The van der Waals surface area contributed by atoms with Crippen LogP contribution in [0.2, 0.25) is 0 Å². The van der Waals surface area contributed by atoms with E-state index >= 15 is 0 Å². The molecule has 2 aromatic heterocycles. The fourth-order valence-corrected chi connectivity index (χ4v) is 6.57. The molecular weight excluding hydrogens is 579 g/mol. The quantitative estimate of drug-likeness (QED) is 0.424. The first-order valence-electron chi connectivity index (χ1n) is 12.6. The van der Waals surface area contributed by atoms with Crippen molar-refractivity contribution in [2.24, 2.45) is 5.92 Å². The summed E-state index contributed by atoms with van der Waals surface area (Å²) in [5, 5.41) is 11.5. The number of carbonyl (C=O) groups excluding carboxylic acids is 1. The summed E-state index contributed by atoms with van der Waals surface area (Å²) in [6.07, 6.45) is -3.77. The van der Waals surface area contributed by atoms with Crippen molar-refractivity contribution >= 4 is 27.3 Å². The number of benzene rings is 1. The monoisotopic (exact) mass is 607 g/mol. The van der Waals surface area contributed by atoms with Crippen molar-refractivity contribution in [3.63, 3.8) is 0 Å². The van der Waals surface area contributed by atoms with Gasteiger partial charge in [-0.2, -0.15) is 17.5 Å². The van der Waals surface area contributed by atoms with Gasteiger partial charge in [0.05, 0.1) is 24.8 Å². The topological polar surface area (TPSA) is 100 Å². The van der Waals surface area contributed by atoms with E-state index in [0.29, 0.717) is 11.1 Å². The predicted octanol–water partition coefficient (Wildman–Crippen LogP) is 4.10. The van der Waals surface area contributed by atoms with Gasteiger partial charge in [0.2, 0.25) is 5.88 Å². The number of hydrogen-bond acceptors (Lipinski definition) is 7. The molecule has 0 aliphatic carbocycles. The maximum Gasteiger partial charge on any atom is 0.416 e. The van der Waals surface area contributed by atoms with Crippen LogP contribution < -0.4 is 4.74 Å². The van der Waals surface area contributed by atoms with E-state index in [1.54, 1.807) is 18.4 Å². The highest BCUT2D eigenvalue weighted by Crippen LogP contribution is 2.30. The van der Waals surface area contributed by atoms with Crippen LogP contribution in [0.5, 0.6) is 5.88 Å². The highest BCUT2D eigenvalue weighted by molar-refractivity contribution is 7.91. The van der Waals surface area contributed by atoms with E-state index in [-0.39, 0.29) is 41.3 Å². The molecule has 0 bridgehead atoms. The Kier molecular flexibility index (Phi) is 9.08. The molecule has 1 amide bonds. The Bertz CT molecular complexity index is 1550. The van der Waals surface area contributed by atoms with Gasteiger partial charge in [0.15, 0.2) is 0 Å². The largest absolute Gasteiger partial charge is 0.472 e. The second kappa shape index (κ2) is 12.2. The van der Waals surface area contributed by atoms with E-state index in [9.17, 15) is 31.5 Å². The Balaban J connectivity index is 1.66. The maximum absolute atomic E-state index is 13.6. The third kappa shape index (κ3) is 6.90. The summed E-state index contributed by atoms with van der Waals surface area (Å²) < 4.78 is 72.2. The van der Waals surface area contributed by atoms with Crippen LogP contribution in [0.1, 0.15) is 40.9 Å². The number of fused-ring (bicyclic) bond motifs is 1. The van der Waals surface area contributed by atoms with Crippen molar-refractivity contribution in [1.82, 2.24) is 14.2 Å². The third-order valence-corrected chi connectivity index (χ3v) is 9.88. The Morgan fingerprint density at radius 1 is 1.22 bits per heavy atom. The van der Waals surface area contributed by atoms with E-state index in [1.807, 2.05) is 6.92 Å². The molecule has 41 heavy (non-hydrogen) atoms. The molecule has 1 aliphatic rings. The molecule has 0 fully saturated rings. The number of amides is 1. The number of aliphatic hydroxyl groups is 1. The molecule has 0 spiro atoms. The summed E-state index contributed by atoms with van der Waals surface area (Å²) in [4.78, 5) is 19.4. The fraction of sp³-hybridized carbons (Fsp3) is 0.357. The van der Waals surface area contributed by atoms with E-state index in [1.165, 1.54) is 46.7 Å². The minimum atomic E-state index is -4.46. The van der Waals surface area contributed by atoms with Crippen molar-refractivity contribution in [3.8, 4) is 17.7 Å². The number of halogens is 3. The molecule has 8 nitrogen and oxygen atoms in total. The molecule has 13 heteroatoms. The number of nitrogens with zero attached hydrogens (tertiary/aromatic N) is 3. The lowest BCUT2D eigenvalue weighted by Crippen LogP contribution is -2.50. The van der Waals surface area contributed by atoms with Crippen LogP contribution in [-0.2, 0) is 16.2 Å². The minimum absolute atomic E-state index is 0.0105. The first kappa shape index (κ1) is 30.5. The zero-order valence-corrected chi connectivity index (χ0v) is 24.1. The lowest BCUT2D eigenvalue weighted by atomic mass is 10.0. The lowest BCUT2D eigenvalue weighted by Gasteiger charge is -2.37. The molecule has 0 unspecified atom stereocenters. The highest BCUT2D eigenvalue weighted by Gasteiger charge is 2.36. The third-order valence-electron chi connectivity index (χ3n) is 6.68. The van der Waals surface area contributed by atoms with Gasteiger partial charge in [-0.15, -0.1) is 11.3 Å². The number of rotatable bonds is 6. The number of alkyl halides is 3. The lowest BCUT2D eigenvalue weighted by molar-refractivity contribution is -0.137. The van der Waals surface area contributed by atoms with Crippen LogP contribution >= 0.6 is 11.3 Å². The van der Waals surface area contributed by atoms with Crippen LogP contribution in [0, 0.1) is 17.8 Å². The number of aromatic nitrogens is 1. The van der Waals surface area contributed by atoms with Crippen molar-refractivity contribution in [2.45, 2.75) is 36.4 Å². The van der Waals surface area contributed by atoms with Crippen LogP contribution in [0.15, 0.2) is 58.3 Å². The predicted molar refractivity (Wildman–Crippen MR) is 147 cm³/mol. The van der Waals surface area contributed by atoms with Gasteiger partial charge in [0.1, 0.15) is 15.9 Å². The number of aliphatic hydroxyl groups excluding tert-OH is 1. The molecule has 3 aromatic rings. The Labute approximate surface area is 240 Å². The van der Waals surface area contributed by atoms with Gasteiger partial charge < -0.3 is 14.7 Å². The van der Waals surface area contributed by atoms with Crippen LogP contribution in [0.3, 0.4) is 0 Å². The molecule has 1 aliphatic heterocycles. The summed E-state index contributed by atoms with van der Waals surface area (Å²) >= 11 is 1.10. The standard InChI is InChI=1S/C28H28F3N3O5S2/c1-18-15-34(19(2)17-35)27(36)23-13-21(7-6-20-8-10-22(11-9-20)28(29,30)31)14-32-26(23)39-24(18)16-33(3)41(37,38)25-5-4-12-40-25/h4-5,8-14,18-19,24,35H,15-17H2,1-3H3/t18-,19+,24-/m0/s1.